The lowest BCUT2D eigenvalue weighted by molar-refractivity contribution is -0.126. The summed E-state index contributed by atoms with van der Waals surface area (Å²) in [7, 11) is 1.46. The lowest BCUT2D eigenvalue weighted by Crippen LogP contribution is -2.43. The zero-order valence-electron chi connectivity index (χ0n) is 14.9. The molecule has 0 radical (unpaired) electrons. The van der Waals surface area contributed by atoms with Crippen molar-refractivity contribution in [1.82, 2.24) is 0 Å². The molecule has 1 heterocycles. The van der Waals surface area contributed by atoms with Gasteiger partial charge in [-0.15, -0.1) is 0 Å². The molecule has 0 saturated heterocycles. The van der Waals surface area contributed by atoms with E-state index in [0.717, 1.165) is 17.7 Å². The van der Waals surface area contributed by atoms with Gasteiger partial charge in [0.1, 0.15) is 11.3 Å². The fourth-order valence-electron chi connectivity index (χ4n) is 3.21. The fraction of sp³-hybridized carbons (Fsp3) is 0.300. The second-order valence-electron chi connectivity index (χ2n) is 6.28. The van der Waals surface area contributed by atoms with Gasteiger partial charge in [-0.3, -0.25) is 4.79 Å². The molecular formula is C20H20ClNO4. The number of esters is 1. The molecule has 1 amide bonds. The van der Waals surface area contributed by atoms with E-state index in [-0.39, 0.29) is 17.5 Å². The van der Waals surface area contributed by atoms with Gasteiger partial charge in [0.2, 0.25) is 0 Å². The van der Waals surface area contributed by atoms with E-state index in [1.807, 2.05) is 31.2 Å². The standard InChI is InChI=1S/C20H20ClNO4/c1-12-10-14-6-4-5-7-17(14)22(12)19(23)13(2)26-20(24)16-11-15(21)8-9-18(16)25-3/h4-9,11-13H,10H2,1-3H3/t12-,13-/m1/s1. The maximum atomic E-state index is 12.9. The summed E-state index contributed by atoms with van der Waals surface area (Å²) in [6.45, 7) is 3.55. The smallest absolute Gasteiger partial charge is 0.342 e. The van der Waals surface area contributed by atoms with Crippen LogP contribution in [0.15, 0.2) is 42.5 Å². The molecule has 26 heavy (non-hydrogen) atoms. The van der Waals surface area contributed by atoms with E-state index in [4.69, 9.17) is 21.1 Å². The van der Waals surface area contributed by atoms with Crippen molar-refractivity contribution < 1.29 is 19.1 Å². The van der Waals surface area contributed by atoms with Gasteiger partial charge < -0.3 is 14.4 Å². The number of ether oxygens (including phenoxy) is 2. The molecule has 5 nitrogen and oxygen atoms in total. The van der Waals surface area contributed by atoms with Gasteiger partial charge in [0, 0.05) is 16.8 Å². The van der Waals surface area contributed by atoms with E-state index in [1.165, 1.54) is 13.2 Å². The molecule has 6 heteroatoms. The van der Waals surface area contributed by atoms with Gasteiger partial charge in [0.15, 0.2) is 6.10 Å². The largest absolute Gasteiger partial charge is 0.496 e. The number of methoxy groups -OCH3 is 1. The number of halogens is 1. The first-order valence-corrected chi connectivity index (χ1v) is 8.75. The summed E-state index contributed by atoms with van der Waals surface area (Å²) in [6.07, 6.45) is -0.148. The summed E-state index contributed by atoms with van der Waals surface area (Å²) in [5, 5.41) is 0.388. The van der Waals surface area contributed by atoms with E-state index in [9.17, 15) is 9.59 Å². The number of hydrogen-bond donors (Lipinski definition) is 0. The van der Waals surface area contributed by atoms with Crippen LogP contribution in [0.25, 0.3) is 0 Å². The van der Waals surface area contributed by atoms with Gasteiger partial charge in [-0.05, 0) is 50.1 Å². The van der Waals surface area contributed by atoms with Crippen LogP contribution in [0.1, 0.15) is 29.8 Å². The Hall–Kier alpha value is -2.53. The van der Waals surface area contributed by atoms with Crippen molar-refractivity contribution >= 4 is 29.2 Å². The normalized spacial score (nSPS) is 16.8. The molecular weight excluding hydrogens is 354 g/mol. The third-order valence-corrected chi connectivity index (χ3v) is 4.69. The minimum Gasteiger partial charge on any atom is -0.496 e. The summed E-state index contributed by atoms with van der Waals surface area (Å²) in [4.78, 5) is 27.1. The Bertz CT molecular complexity index is 851. The highest BCUT2D eigenvalue weighted by Gasteiger charge is 2.34. The third kappa shape index (κ3) is 3.40. The molecule has 136 valence electrons. The first kappa shape index (κ1) is 18.3. The molecule has 0 aliphatic carbocycles. The van der Waals surface area contributed by atoms with Gasteiger partial charge in [0.05, 0.1) is 7.11 Å². The van der Waals surface area contributed by atoms with Crippen LogP contribution >= 0.6 is 11.6 Å². The van der Waals surface area contributed by atoms with Crippen LogP contribution in [0, 0.1) is 0 Å². The van der Waals surface area contributed by atoms with E-state index < -0.39 is 12.1 Å². The number of rotatable bonds is 4. The van der Waals surface area contributed by atoms with Gasteiger partial charge in [-0.2, -0.15) is 0 Å². The molecule has 2 aromatic rings. The number of fused-ring (bicyclic) bond motifs is 1. The zero-order valence-corrected chi connectivity index (χ0v) is 15.6. The van der Waals surface area contributed by atoms with Crippen molar-refractivity contribution in [2.45, 2.75) is 32.4 Å². The molecule has 0 aromatic heterocycles. The van der Waals surface area contributed by atoms with Crippen molar-refractivity contribution in [3.05, 3.63) is 58.6 Å². The van der Waals surface area contributed by atoms with Gasteiger partial charge in [-0.1, -0.05) is 29.8 Å². The molecule has 3 rings (SSSR count). The molecule has 0 saturated carbocycles. The predicted octanol–water partition coefficient (Wildman–Crippen LogP) is 3.87. The molecule has 2 aromatic carbocycles. The minimum absolute atomic E-state index is 0.0155. The summed E-state index contributed by atoms with van der Waals surface area (Å²) < 4.78 is 10.6. The number of hydrogen-bond acceptors (Lipinski definition) is 4. The summed E-state index contributed by atoms with van der Waals surface area (Å²) in [6, 6.07) is 12.4. The Morgan fingerprint density at radius 1 is 1.23 bits per heavy atom. The topological polar surface area (TPSA) is 55.8 Å². The lowest BCUT2D eigenvalue weighted by Gasteiger charge is -2.26. The zero-order chi connectivity index (χ0) is 18.8. The Labute approximate surface area is 157 Å². The predicted molar refractivity (Wildman–Crippen MR) is 100.0 cm³/mol. The van der Waals surface area contributed by atoms with E-state index >= 15 is 0 Å². The Morgan fingerprint density at radius 3 is 2.69 bits per heavy atom. The quantitative estimate of drug-likeness (QED) is 0.763. The van der Waals surface area contributed by atoms with E-state index in [1.54, 1.807) is 24.0 Å². The molecule has 1 aliphatic rings. The molecule has 0 bridgehead atoms. The molecule has 0 N–H and O–H groups in total. The number of nitrogens with zero attached hydrogens (tertiary/aromatic N) is 1. The van der Waals surface area contributed by atoms with Crippen LogP contribution in [0.5, 0.6) is 5.75 Å². The molecule has 1 aliphatic heterocycles. The molecule has 0 unspecified atom stereocenters. The monoisotopic (exact) mass is 373 g/mol. The number of anilines is 1. The number of carbonyl (C=O) groups is 2. The Balaban J connectivity index is 1.78. The second kappa shape index (κ2) is 7.38. The molecule has 0 fully saturated rings. The highest BCUT2D eigenvalue weighted by Crippen LogP contribution is 2.32. The van der Waals surface area contributed by atoms with Crippen LogP contribution in [-0.2, 0) is 16.0 Å². The van der Waals surface area contributed by atoms with Crippen molar-refractivity contribution in [2.75, 3.05) is 12.0 Å². The average Bonchev–Trinajstić information content (AvgIpc) is 2.96. The molecule has 2 atom stereocenters. The van der Waals surface area contributed by atoms with Crippen LogP contribution in [-0.4, -0.2) is 31.1 Å². The number of amides is 1. The maximum absolute atomic E-state index is 12.9. The first-order valence-electron chi connectivity index (χ1n) is 8.38. The van der Waals surface area contributed by atoms with Crippen molar-refractivity contribution in [3.63, 3.8) is 0 Å². The maximum Gasteiger partial charge on any atom is 0.342 e. The number of para-hydroxylation sites is 1. The van der Waals surface area contributed by atoms with Crippen LogP contribution in [0.3, 0.4) is 0 Å². The first-order chi connectivity index (χ1) is 12.4. The lowest BCUT2D eigenvalue weighted by atomic mass is 10.1. The second-order valence-corrected chi connectivity index (χ2v) is 6.72. The average molecular weight is 374 g/mol. The van der Waals surface area contributed by atoms with Gasteiger partial charge >= 0.3 is 5.97 Å². The highest BCUT2D eigenvalue weighted by atomic mass is 35.5. The van der Waals surface area contributed by atoms with Crippen LogP contribution in [0.4, 0.5) is 5.69 Å². The number of carbonyl (C=O) groups excluding carboxylic acids is 2. The summed E-state index contributed by atoms with van der Waals surface area (Å²) in [5.74, 6) is -0.555. The van der Waals surface area contributed by atoms with Crippen LogP contribution in [0.2, 0.25) is 5.02 Å². The fourth-order valence-corrected chi connectivity index (χ4v) is 3.38. The van der Waals surface area contributed by atoms with E-state index in [2.05, 4.69) is 0 Å². The van der Waals surface area contributed by atoms with Gasteiger partial charge in [0.25, 0.3) is 5.91 Å². The highest BCUT2D eigenvalue weighted by molar-refractivity contribution is 6.31. The van der Waals surface area contributed by atoms with Crippen molar-refractivity contribution in [2.24, 2.45) is 0 Å². The Kier molecular flexibility index (Phi) is 5.18. The minimum atomic E-state index is -0.931. The number of benzene rings is 2. The van der Waals surface area contributed by atoms with Crippen molar-refractivity contribution in [3.8, 4) is 5.75 Å². The van der Waals surface area contributed by atoms with Crippen LogP contribution < -0.4 is 9.64 Å². The Morgan fingerprint density at radius 2 is 1.96 bits per heavy atom. The van der Waals surface area contributed by atoms with E-state index in [0.29, 0.717) is 10.8 Å². The summed E-state index contributed by atoms with van der Waals surface area (Å²) in [5.41, 5.74) is 2.17. The van der Waals surface area contributed by atoms with Crippen molar-refractivity contribution in [1.29, 1.82) is 0 Å². The third-order valence-electron chi connectivity index (χ3n) is 4.46. The SMILES string of the molecule is COc1ccc(Cl)cc1C(=O)O[C@H](C)C(=O)N1c2ccccc2C[C@H]1C. The summed E-state index contributed by atoms with van der Waals surface area (Å²) >= 11 is 5.96. The molecule has 0 spiro atoms. The van der Waals surface area contributed by atoms with Gasteiger partial charge in [-0.25, -0.2) is 4.79 Å².